The Hall–Kier alpha value is -1.62. The molecule has 6 heteroatoms. The zero-order valence-corrected chi connectivity index (χ0v) is 10.5. The van der Waals surface area contributed by atoms with E-state index in [1.165, 1.54) is 12.1 Å². The quantitative estimate of drug-likeness (QED) is 0.866. The van der Waals surface area contributed by atoms with Gasteiger partial charge in [-0.3, -0.25) is 9.59 Å². The van der Waals surface area contributed by atoms with Crippen LogP contribution in [0, 0.1) is 5.82 Å². The van der Waals surface area contributed by atoms with E-state index in [-0.39, 0.29) is 17.0 Å². The van der Waals surface area contributed by atoms with Crippen LogP contribution in [0.5, 0.6) is 0 Å². The Morgan fingerprint density at radius 3 is 2.67 bits per heavy atom. The van der Waals surface area contributed by atoms with Gasteiger partial charge in [0.15, 0.2) is 0 Å². The SMILES string of the molecule is CCC(CC(=O)O)NC(=O)c1ccc(F)c(Cl)c1. The van der Waals surface area contributed by atoms with Gasteiger partial charge in [-0.1, -0.05) is 18.5 Å². The van der Waals surface area contributed by atoms with Gasteiger partial charge >= 0.3 is 5.97 Å². The second-order valence-electron chi connectivity index (χ2n) is 3.81. The van der Waals surface area contributed by atoms with Crippen LogP contribution in [0.1, 0.15) is 30.1 Å². The van der Waals surface area contributed by atoms with E-state index in [2.05, 4.69) is 5.32 Å². The van der Waals surface area contributed by atoms with Crippen molar-refractivity contribution in [2.75, 3.05) is 0 Å². The van der Waals surface area contributed by atoms with Crippen LogP contribution in [-0.4, -0.2) is 23.0 Å². The molecule has 98 valence electrons. The Kier molecular flexibility index (Phi) is 5.09. The number of nitrogens with one attached hydrogen (secondary N) is 1. The molecule has 1 unspecified atom stereocenters. The van der Waals surface area contributed by atoms with Crippen LogP contribution in [0.4, 0.5) is 4.39 Å². The number of amides is 1. The van der Waals surface area contributed by atoms with Gasteiger partial charge in [-0.25, -0.2) is 4.39 Å². The summed E-state index contributed by atoms with van der Waals surface area (Å²) in [7, 11) is 0. The predicted octanol–water partition coefficient (Wildman–Crippen LogP) is 2.46. The van der Waals surface area contributed by atoms with Crippen molar-refractivity contribution >= 4 is 23.5 Å². The van der Waals surface area contributed by atoms with Crippen LogP contribution in [0.2, 0.25) is 5.02 Å². The third kappa shape index (κ3) is 4.00. The fraction of sp³-hybridized carbons (Fsp3) is 0.333. The summed E-state index contributed by atoms with van der Waals surface area (Å²) in [5.41, 5.74) is 0.199. The zero-order valence-electron chi connectivity index (χ0n) is 9.74. The summed E-state index contributed by atoms with van der Waals surface area (Å²) in [5.74, 6) is -2.06. The lowest BCUT2D eigenvalue weighted by Gasteiger charge is -2.14. The van der Waals surface area contributed by atoms with E-state index in [0.717, 1.165) is 6.07 Å². The summed E-state index contributed by atoms with van der Waals surface area (Å²) in [4.78, 5) is 22.3. The smallest absolute Gasteiger partial charge is 0.305 e. The van der Waals surface area contributed by atoms with Gasteiger partial charge < -0.3 is 10.4 Å². The largest absolute Gasteiger partial charge is 0.481 e. The molecule has 0 bridgehead atoms. The van der Waals surface area contributed by atoms with E-state index in [9.17, 15) is 14.0 Å². The molecule has 0 aromatic heterocycles. The first-order valence-electron chi connectivity index (χ1n) is 5.41. The maximum Gasteiger partial charge on any atom is 0.305 e. The van der Waals surface area contributed by atoms with Gasteiger partial charge in [0.2, 0.25) is 0 Å². The number of carbonyl (C=O) groups is 2. The molecule has 0 fully saturated rings. The number of benzene rings is 1. The Labute approximate surface area is 109 Å². The summed E-state index contributed by atoms with van der Waals surface area (Å²) in [6, 6.07) is 3.14. The summed E-state index contributed by atoms with van der Waals surface area (Å²) >= 11 is 5.56. The van der Waals surface area contributed by atoms with E-state index < -0.39 is 23.7 Å². The van der Waals surface area contributed by atoms with Crippen molar-refractivity contribution in [2.45, 2.75) is 25.8 Å². The van der Waals surface area contributed by atoms with Gasteiger partial charge in [-0.15, -0.1) is 0 Å². The Bertz CT molecular complexity index is 465. The van der Waals surface area contributed by atoms with Crippen molar-refractivity contribution < 1.29 is 19.1 Å². The first kappa shape index (κ1) is 14.4. The van der Waals surface area contributed by atoms with E-state index >= 15 is 0 Å². The third-order valence-electron chi connectivity index (χ3n) is 2.43. The number of halogens is 2. The molecule has 1 amide bonds. The van der Waals surface area contributed by atoms with Gasteiger partial charge in [-0.2, -0.15) is 0 Å². The number of aliphatic carboxylic acids is 1. The number of hydrogen-bond donors (Lipinski definition) is 2. The third-order valence-corrected chi connectivity index (χ3v) is 2.72. The highest BCUT2D eigenvalue weighted by atomic mass is 35.5. The lowest BCUT2D eigenvalue weighted by atomic mass is 10.1. The number of hydrogen-bond acceptors (Lipinski definition) is 2. The molecular formula is C12H13ClFNO3. The fourth-order valence-electron chi connectivity index (χ4n) is 1.41. The van der Waals surface area contributed by atoms with Crippen LogP contribution in [0.3, 0.4) is 0 Å². The van der Waals surface area contributed by atoms with Crippen LogP contribution in [0.25, 0.3) is 0 Å². The molecule has 18 heavy (non-hydrogen) atoms. The van der Waals surface area contributed by atoms with E-state index in [4.69, 9.17) is 16.7 Å². The molecule has 1 aromatic rings. The molecule has 1 aromatic carbocycles. The van der Waals surface area contributed by atoms with Gasteiger partial charge in [0.1, 0.15) is 5.82 Å². The molecule has 0 aliphatic carbocycles. The Balaban J connectivity index is 2.74. The molecule has 4 nitrogen and oxygen atoms in total. The van der Waals surface area contributed by atoms with Gasteiger partial charge in [-0.05, 0) is 24.6 Å². The second kappa shape index (κ2) is 6.35. The highest BCUT2D eigenvalue weighted by Gasteiger charge is 2.16. The lowest BCUT2D eigenvalue weighted by molar-refractivity contribution is -0.137. The first-order chi connectivity index (χ1) is 8.43. The average molecular weight is 274 g/mol. The minimum Gasteiger partial charge on any atom is -0.481 e. The van der Waals surface area contributed by atoms with Crippen molar-refractivity contribution in [1.82, 2.24) is 5.32 Å². The average Bonchev–Trinajstić information content (AvgIpc) is 2.31. The molecule has 0 radical (unpaired) electrons. The van der Waals surface area contributed by atoms with E-state index in [1.807, 2.05) is 0 Å². The van der Waals surface area contributed by atoms with E-state index in [0.29, 0.717) is 6.42 Å². The Morgan fingerprint density at radius 1 is 1.50 bits per heavy atom. The van der Waals surface area contributed by atoms with Crippen LogP contribution in [0.15, 0.2) is 18.2 Å². The normalized spacial score (nSPS) is 11.9. The number of carboxylic acids is 1. The van der Waals surface area contributed by atoms with Gasteiger partial charge in [0.05, 0.1) is 11.4 Å². The minimum atomic E-state index is -0.987. The van der Waals surface area contributed by atoms with Crippen molar-refractivity contribution in [3.05, 3.63) is 34.6 Å². The summed E-state index contributed by atoms with van der Waals surface area (Å²) < 4.78 is 12.9. The predicted molar refractivity (Wildman–Crippen MR) is 65.2 cm³/mol. The highest BCUT2D eigenvalue weighted by Crippen LogP contribution is 2.16. The fourth-order valence-corrected chi connectivity index (χ4v) is 1.59. The molecule has 1 rings (SSSR count). The minimum absolute atomic E-state index is 0.145. The van der Waals surface area contributed by atoms with Crippen LogP contribution >= 0.6 is 11.6 Å². The maximum atomic E-state index is 12.9. The molecular weight excluding hydrogens is 261 g/mol. The standard InChI is InChI=1S/C12H13ClFNO3/c1-2-8(6-11(16)17)15-12(18)7-3-4-10(14)9(13)5-7/h3-5,8H,2,6H2,1H3,(H,15,18)(H,16,17). The molecule has 2 N–H and O–H groups in total. The number of carboxylic acid groups (broad SMARTS) is 1. The van der Waals surface area contributed by atoms with Crippen molar-refractivity contribution in [3.63, 3.8) is 0 Å². The molecule has 1 atom stereocenters. The molecule has 0 spiro atoms. The Morgan fingerprint density at radius 2 is 2.17 bits per heavy atom. The number of carbonyl (C=O) groups excluding carboxylic acids is 1. The summed E-state index contributed by atoms with van der Waals surface area (Å²) in [6.07, 6.45) is 0.337. The molecule has 0 aliphatic rings. The zero-order chi connectivity index (χ0) is 13.7. The topological polar surface area (TPSA) is 66.4 Å². The van der Waals surface area contributed by atoms with Gasteiger partial charge in [0, 0.05) is 11.6 Å². The summed E-state index contributed by atoms with van der Waals surface area (Å²) in [5, 5.41) is 11.1. The van der Waals surface area contributed by atoms with Crippen LogP contribution < -0.4 is 5.32 Å². The maximum absolute atomic E-state index is 12.9. The number of rotatable bonds is 5. The van der Waals surface area contributed by atoms with Gasteiger partial charge in [0.25, 0.3) is 5.91 Å². The van der Waals surface area contributed by atoms with Crippen molar-refractivity contribution in [2.24, 2.45) is 0 Å². The molecule has 0 saturated carbocycles. The summed E-state index contributed by atoms with van der Waals surface area (Å²) in [6.45, 7) is 1.77. The monoisotopic (exact) mass is 273 g/mol. The van der Waals surface area contributed by atoms with Crippen LogP contribution in [-0.2, 0) is 4.79 Å². The lowest BCUT2D eigenvalue weighted by Crippen LogP contribution is -2.36. The van der Waals surface area contributed by atoms with Crippen molar-refractivity contribution in [1.29, 1.82) is 0 Å². The molecule has 0 heterocycles. The van der Waals surface area contributed by atoms with E-state index in [1.54, 1.807) is 6.92 Å². The van der Waals surface area contributed by atoms with Crippen molar-refractivity contribution in [3.8, 4) is 0 Å². The first-order valence-corrected chi connectivity index (χ1v) is 5.79. The molecule has 0 saturated heterocycles. The molecule has 0 aliphatic heterocycles. The second-order valence-corrected chi connectivity index (χ2v) is 4.21. The highest BCUT2D eigenvalue weighted by molar-refractivity contribution is 6.31.